The second-order valence-electron chi connectivity index (χ2n) is 4.67. The van der Waals surface area contributed by atoms with Crippen LogP contribution in [0.25, 0.3) is 0 Å². The molecule has 0 saturated carbocycles. The minimum absolute atomic E-state index is 0.173. The number of amides is 2. The maximum Gasteiger partial charge on any atom is 0.317 e. The number of hydrogen-bond acceptors (Lipinski definition) is 3. The van der Waals surface area contributed by atoms with Gasteiger partial charge in [-0.2, -0.15) is 0 Å². The minimum Gasteiger partial charge on any atom is -0.496 e. The van der Waals surface area contributed by atoms with Gasteiger partial charge < -0.3 is 20.1 Å². The van der Waals surface area contributed by atoms with Crippen molar-refractivity contribution in [2.45, 2.75) is 26.0 Å². The Bertz CT molecular complexity index is 452. The molecule has 0 aliphatic rings. The topological polar surface area (TPSA) is 61.8 Å². The Morgan fingerprint density at radius 1 is 1.55 bits per heavy atom. The SMILES string of the molecule is COc1ccc(Br)cc1CNC(=O)N(C)CCC(C)O. The molecule has 1 aromatic rings. The first kappa shape index (κ1) is 16.8. The van der Waals surface area contributed by atoms with E-state index in [1.807, 2.05) is 18.2 Å². The smallest absolute Gasteiger partial charge is 0.317 e. The molecular weight excluding hydrogens is 324 g/mol. The summed E-state index contributed by atoms with van der Waals surface area (Å²) in [5.41, 5.74) is 0.902. The zero-order chi connectivity index (χ0) is 15.1. The van der Waals surface area contributed by atoms with E-state index >= 15 is 0 Å². The largest absolute Gasteiger partial charge is 0.496 e. The van der Waals surface area contributed by atoms with Gasteiger partial charge in [0.1, 0.15) is 5.75 Å². The van der Waals surface area contributed by atoms with Crippen LogP contribution in [-0.2, 0) is 6.54 Å². The summed E-state index contributed by atoms with van der Waals surface area (Å²) in [7, 11) is 3.30. The summed E-state index contributed by atoms with van der Waals surface area (Å²) < 4.78 is 6.19. The minimum atomic E-state index is -0.407. The van der Waals surface area contributed by atoms with Crippen molar-refractivity contribution in [1.82, 2.24) is 10.2 Å². The maximum atomic E-state index is 11.9. The first-order valence-corrected chi connectivity index (χ1v) is 7.22. The van der Waals surface area contributed by atoms with Crippen LogP contribution >= 0.6 is 15.9 Å². The van der Waals surface area contributed by atoms with E-state index in [0.717, 1.165) is 15.8 Å². The number of nitrogens with one attached hydrogen (secondary N) is 1. The number of carbonyl (C=O) groups excluding carboxylic acids is 1. The van der Waals surface area contributed by atoms with Gasteiger partial charge in [0.15, 0.2) is 0 Å². The first-order chi connectivity index (χ1) is 9.43. The Morgan fingerprint density at radius 3 is 2.85 bits per heavy atom. The molecule has 0 aromatic heterocycles. The summed E-state index contributed by atoms with van der Waals surface area (Å²) in [5.74, 6) is 0.736. The number of carbonyl (C=O) groups is 1. The van der Waals surface area contributed by atoms with E-state index in [0.29, 0.717) is 19.5 Å². The molecule has 0 radical (unpaired) electrons. The molecule has 0 heterocycles. The summed E-state index contributed by atoms with van der Waals surface area (Å²) in [4.78, 5) is 13.4. The van der Waals surface area contributed by atoms with E-state index < -0.39 is 6.10 Å². The molecule has 2 amide bonds. The van der Waals surface area contributed by atoms with E-state index in [1.54, 1.807) is 26.0 Å². The van der Waals surface area contributed by atoms with Crippen molar-refractivity contribution in [2.24, 2.45) is 0 Å². The Balaban J connectivity index is 2.54. The number of halogens is 1. The first-order valence-electron chi connectivity index (χ1n) is 6.43. The lowest BCUT2D eigenvalue weighted by Gasteiger charge is -2.19. The van der Waals surface area contributed by atoms with Gasteiger partial charge in [0.2, 0.25) is 0 Å². The number of urea groups is 1. The average Bonchev–Trinajstić information content (AvgIpc) is 2.42. The molecule has 1 unspecified atom stereocenters. The molecule has 0 spiro atoms. The van der Waals surface area contributed by atoms with E-state index in [9.17, 15) is 9.90 Å². The van der Waals surface area contributed by atoms with Gasteiger partial charge in [0.25, 0.3) is 0 Å². The Morgan fingerprint density at radius 2 is 2.25 bits per heavy atom. The van der Waals surface area contributed by atoms with Gasteiger partial charge in [-0.1, -0.05) is 15.9 Å². The molecular formula is C14H21BrN2O3. The lowest BCUT2D eigenvalue weighted by Crippen LogP contribution is -2.38. The Kier molecular flexibility index (Phi) is 6.81. The lowest BCUT2D eigenvalue weighted by atomic mass is 10.2. The number of rotatable bonds is 6. The number of hydrogen-bond donors (Lipinski definition) is 2. The predicted octanol–water partition coefficient (Wildman–Crippen LogP) is 2.37. The second kappa shape index (κ2) is 8.11. The van der Waals surface area contributed by atoms with Gasteiger partial charge in [-0.3, -0.25) is 0 Å². The van der Waals surface area contributed by atoms with Gasteiger partial charge in [-0.25, -0.2) is 4.79 Å². The third-order valence-corrected chi connectivity index (χ3v) is 3.39. The van der Waals surface area contributed by atoms with Crippen LogP contribution in [0.1, 0.15) is 18.9 Å². The van der Waals surface area contributed by atoms with E-state index in [1.165, 1.54) is 0 Å². The summed E-state index contributed by atoms with van der Waals surface area (Å²) in [6, 6.07) is 5.48. The highest BCUT2D eigenvalue weighted by Crippen LogP contribution is 2.22. The average molecular weight is 345 g/mol. The molecule has 2 N–H and O–H groups in total. The normalized spacial score (nSPS) is 11.8. The van der Waals surface area contributed by atoms with Gasteiger partial charge >= 0.3 is 6.03 Å². The van der Waals surface area contributed by atoms with Crippen LogP contribution in [0.15, 0.2) is 22.7 Å². The molecule has 0 fully saturated rings. The fourth-order valence-corrected chi connectivity index (χ4v) is 2.08. The predicted molar refractivity (Wildman–Crippen MR) is 81.9 cm³/mol. The summed E-state index contributed by atoms with van der Waals surface area (Å²) in [5, 5.41) is 12.0. The third kappa shape index (κ3) is 5.38. The van der Waals surface area contributed by atoms with Crippen molar-refractivity contribution in [3.63, 3.8) is 0 Å². The summed E-state index contributed by atoms with van der Waals surface area (Å²) in [6.07, 6.45) is 0.153. The van der Waals surface area contributed by atoms with E-state index in [2.05, 4.69) is 21.2 Å². The zero-order valence-corrected chi connectivity index (χ0v) is 13.6. The van der Waals surface area contributed by atoms with Gasteiger partial charge in [-0.05, 0) is 31.5 Å². The van der Waals surface area contributed by atoms with Crippen molar-refractivity contribution in [2.75, 3.05) is 20.7 Å². The van der Waals surface area contributed by atoms with Gasteiger partial charge in [0, 0.05) is 30.2 Å². The highest BCUT2D eigenvalue weighted by molar-refractivity contribution is 9.10. The Labute approximate surface area is 128 Å². The van der Waals surface area contributed by atoms with Crippen molar-refractivity contribution < 1.29 is 14.6 Å². The fourth-order valence-electron chi connectivity index (χ4n) is 1.67. The van der Waals surface area contributed by atoms with Crippen LogP contribution in [0.3, 0.4) is 0 Å². The molecule has 20 heavy (non-hydrogen) atoms. The van der Waals surface area contributed by atoms with Crippen molar-refractivity contribution in [3.05, 3.63) is 28.2 Å². The van der Waals surface area contributed by atoms with Crippen molar-refractivity contribution >= 4 is 22.0 Å². The van der Waals surface area contributed by atoms with Crippen LogP contribution in [0.2, 0.25) is 0 Å². The molecule has 0 bridgehead atoms. The molecule has 1 atom stereocenters. The zero-order valence-electron chi connectivity index (χ0n) is 12.0. The summed E-state index contributed by atoms with van der Waals surface area (Å²) >= 11 is 3.40. The molecule has 0 aliphatic heterocycles. The van der Waals surface area contributed by atoms with E-state index in [4.69, 9.17) is 4.74 Å². The van der Waals surface area contributed by atoms with Crippen LogP contribution in [0.4, 0.5) is 4.79 Å². The fraction of sp³-hybridized carbons (Fsp3) is 0.500. The molecule has 5 nitrogen and oxygen atoms in total. The molecule has 0 aliphatic carbocycles. The number of benzene rings is 1. The Hall–Kier alpha value is -1.27. The highest BCUT2D eigenvalue weighted by atomic mass is 79.9. The van der Waals surface area contributed by atoms with Gasteiger partial charge in [-0.15, -0.1) is 0 Å². The maximum absolute atomic E-state index is 11.9. The standard InChI is InChI=1S/C14H21BrN2O3/c1-10(18)6-7-17(2)14(19)16-9-11-8-12(15)4-5-13(11)20-3/h4-5,8,10,18H,6-7,9H2,1-3H3,(H,16,19). The molecule has 1 rings (SSSR count). The van der Waals surface area contributed by atoms with Crippen LogP contribution in [0, 0.1) is 0 Å². The van der Waals surface area contributed by atoms with E-state index in [-0.39, 0.29) is 6.03 Å². The number of aliphatic hydroxyl groups is 1. The number of aliphatic hydroxyl groups excluding tert-OH is 1. The molecule has 6 heteroatoms. The van der Waals surface area contributed by atoms with Crippen molar-refractivity contribution in [1.29, 1.82) is 0 Å². The second-order valence-corrected chi connectivity index (χ2v) is 5.59. The number of methoxy groups -OCH3 is 1. The van der Waals surface area contributed by atoms with Gasteiger partial charge in [0.05, 0.1) is 13.2 Å². The number of ether oxygens (including phenoxy) is 1. The van der Waals surface area contributed by atoms with Crippen LogP contribution < -0.4 is 10.1 Å². The quantitative estimate of drug-likeness (QED) is 0.832. The summed E-state index contributed by atoms with van der Waals surface area (Å²) in [6.45, 7) is 2.61. The molecule has 0 saturated heterocycles. The highest BCUT2D eigenvalue weighted by Gasteiger charge is 2.10. The molecule has 1 aromatic carbocycles. The number of nitrogens with zero attached hydrogens (tertiary/aromatic N) is 1. The molecule has 112 valence electrons. The monoisotopic (exact) mass is 344 g/mol. The lowest BCUT2D eigenvalue weighted by molar-refractivity contribution is 0.163. The third-order valence-electron chi connectivity index (χ3n) is 2.90. The van der Waals surface area contributed by atoms with Crippen LogP contribution in [-0.4, -0.2) is 42.8 Å². The van der Waals surface area contributed by atoms with Crippen molar-refractivity contribution in [3.8, 4) is 5.75 Å². The van der Waals surface area contributed by atoms with Crippen LogP contribution in [0.5, 0.6) is 5.75 Å².